The Kier molecular flexibility index (Phi) is 5.25. The third-order valence-corrected chi connectivity index (χ3v) is 4.36. The molecule has 2 aromatic rings. The summed E-state index contributed by atoms with van der Waals surface area (Å²) in [5.41, 5.74) is 2.98. The van der Waals surface area contributed by atoms with Gasteiger partial charge < -0.3 is 4.90 Å². The molecule has 0 radical (unpaired) electrons. The largest absolute Gasteiger partial charge is 0.337 e. The van der Waals surface area contributed by atoms with E-state index in [0.717, 1.165) is 31.7 Å². The summed E-state index contributed by atoms with van der Waals surface area (Å²) in [6, 6.07) is 20.0. The zero-order valence-corrected chi connectivity index (χ0v) is 13.7. The smallest absolute Gasteiger partial charge is 0.224 e. The third-order valence-electron chi connectivity index (χ3n) is 4.36. The molecule has 1 aliphatic heterocycles. The first kappa shape index (κ1) is 16.2. The van der Waals surface area contributed by atoms with Gasteiger partial charge in [-0.2, -0.15) is 5.26 Å². The van der Waals surface area contributed by atoms with Crippen molar-refractivity contribution >= 4 is 5.91 Å². The Balaban J connectivity index is 1.61. The molecule has 0 atom stereocenters. The normalized spacial score (nSPS) is 15.8. The van der Waals surface area contributed by atoms with Crippen LogP contribution in [0.5, 0.6) is 0 Å². The van der Waals surface area contributed by atoms with Gasteiger partial charge in [0.05, 0.1) is 11.6 Å². The summed E-state index contributed by atoms with van der Waals surface area (Å²) >= 11 is 0. The van der Waals surface area contributed by atoms with Gasteiger partial charge in [0.2, 0.25) is 5.91 Å². The zero-order valence-electron chi connectivity index (χ0n) is 13.7. The van der Waals surface area contributed by atoms with Crippen LogP contribution in [-0.4, -0.2) is 35.3 Å². The summed E-state index contributed by atoms with van der Waals surface area (Å²) in [5, 5.41) is 9.01. The van der Waals surface area contributed by atoms with Crippen LogP contribution in [0.3, 0.4) is 0 Å². The van der Waals surface area contributed by atoms with Crippen molar-refractivity contribution in [1.29, 1.82) is 5.26 Å². The molecule has 1 aliphatic rings. The number of nitrogens with zero attached hydrogens (tertiary/aromatic N) is 3. The number of nitriles is 1. The molecule has 1 heterocycles. The lowest BCUT2D eigenvalue weighted by Crippen LogP contribution is -2.32. The van der Waals surface area contributed by atoms with Gasteiger partial charge >= 0.3 is 0 Å². The van der Waals surface area contributed by atoms with Crippen molar-refractivity contribution in [2.75, 3.05) is 19.6 Å². The summed E-state index contributed by atoms with van der Waals surface area (Å²) in [4.78, 5) is 16.6. The van der Waals surface area contributed by atoms with Crippen LogP contribution in [0, 0.1) is 11.3 Å². The van der Waals surface area contributed by atoms with E-state index >= 15 is 0 Å². The lowest BCUT2D eigenvalue weighted by Gasteiger charge is -2.22. The maximum atomic E-state index is 12.4. The van der Waals surface area contributed by atoms with Crippen molar-refractivity contribution in [2.24, 2.45) is 0 Å². The Morgan fingerprint density at radius 2 is 1.71 bits per heavy atom. The molecule has 0 aliphatic carbocycles. The van der Waals surface area contributed by atoms with Crippen molar-refractivity contribution in [3.63, 3.8) is 0 Å². The predicted molar refractivity (Wildman–Crippen MR) is 92.9 cm³/mol. The van der Waals surface area contributed by atoms with Gasteiger partial charge in [-0.05, 0) is 23.3 Å². The average molecular weight is 319 g/mol. The van der Waals surface area contributed by atoms with Crippen LogP contribution in [0.2, 0.25) is 0 Å². The molecule has 0 unspecified atom stereocenters. The van der Waals surface area contributed by atoms with Crippen molar-refractivity contribution in [2.45, 2.75) is 19.5 Å². The molecule has 0 bridgehead atoms. The number of hydrogen-bond donors (Lipinski definition) is 0. The van der Waals surface area contributed by atoms with E-state index in [9.17, 15) is 4.79 Å². The van der Waals surface area contributed by atoms with Crippen LogP contribution in [0.1, 0.15) is 23.1 Å². The van der Waals surface area contributed by atoms with E-state index in [-0.39, 0.29) is 5.91 Å². The second-order valence-electron chi connectivity index (χ2n) is 6.14. The lowest BCUT2D eigenvalue weighted by atomic mass is 10.1. The first-order chi connectivity index (χ1) is 11.7. The molecule has 1 saturated heterocycles. The zero-order chi connectivity index (χ0) is 16.8. The van der Waals surface area contributed by atoms with E-state index in [2.05, 4.69) is 23.1 Å². The maximum absolute atomic E-state index is 12.4. The molecular formula is C20H21N3O. The highest BCUT2D eigenvalue weighted by Gasteiger charge is 2.21. The predicted octanol–water partition coefficient (Wildman–Crippen LogP) is 2.79. The van der Waals surface area contributed by atoms with Crippen molar-refractivity contribution in [3.8, 4) is 6.07 Å². The van der Waals surface area contributed by atoms with Gasteiger partial charge in [-0.1, -0.05) is 42.5 Å². The third kappa shape index (κ3) is 4.21. The van der Waals surface area contributed by atoms with Crippen LogP contribution >= 0.6 is 0 Å². The number of carbonyl (C=O) groups excluding carboxylic acids is 1. The SMILES string of the molecule is N#Cc1cccc(CN2CCC(=O)N(Cc3ccccc3)CC2)c1. The van der Waals surface area contributed by atoms with E-state index in [1.807, 2.05) is 47.4 Å². The Hall–Kier alpha value is -2.64. The molecule has 122 valence electrons. The second-order valence-corrected chi connectivity index (χ2v) is 6.14. The summed E-state index contributed by atoms with van der Waals surface area (Å²) in [6.07, 6.45) is 0.546. The molecule has 24 heavy (non-hydrogen) atoms. The number of rotatable bonds is 4. The van der Waals surface area contributed by atoms with Crippen LogP contribution < -0.4 is 0 Å². The van der Waals surface area contributed by atoms with Crippen LogP contribution in [0.25, 0.3) is 0 Å². The van der Waals surface area contributed by atoms with Crippen LogP contribution in [-0.2, 0) is 17.9 Å². The molecule has 2 aromatic carbocycles. The topological polar surface area (TPSA) is 47.3 Å². The molecule has 1 fully saturated rings. The average Bonchev–Trinajstić information content (AvgIpc) is 2.79. The Morgan fingerprint density at radius 1 is 0.917 bits per heavy atom. The highest BCUT2D eigenvalue weighted by Crippen LogP contribution is 2.13. The van der Waals surface area contributed by atoms with Gasteiger partial charge in [-0.25, -0.2) is 0 Å². The summed E-state index contributed by atoms with van der Waals surface area (Å²) in [6.45, 7) is 3.82. The Morgan fingerprint density at radius 3 is 2.50 bits per heavy atom. The van der Waals surface area contributed by atoms with E-state index in [1.54, 1.807) is 0 Å². The van der Waals surface area contributed by atoms with Gasteiger partial charge in [0.1, 0.15) is 0 Å². The fourth-order valence-corrected chi connectivity index (χ4v) is 3.04. The summed E-state index contributed by atoms with van der Waals surface area (Å²) < 4.78 is 0. The van der Waals surface area contributed by atoms with Crippen molar-refractivity contribution in [1.82, 2.24) is 9.80 Å². The molecule has 1 amide bonds. The van der Waals surface area contributed by atoms with Crippen LogP contribution in [0.15, 0.2) is 54.6 Å². The van der Waals surface area contributed by atoms with Crippen molar-refractivity contribution < 1.29 is 4.79 Å². The fraction of sp³-hybridized carbons (Fsp3) is 0.300. The van der Waals surface area contributed by atoms with Crippen LogP contribution in [0.4, 0.5) is 0 Å². The van der Waals surface area contributed by atoms with E-state index < -0.39 is 0 Å². The summed E-state index contributed by atoms with van der Waals surface area (Å²) in [5.74, 6) is 0.215. The van der Waals surface area contributed by atoms with Gasteiger partial charge in [-0.15, -0.1) is 0 Å². The molecule has 4 nitrogen and oxygen atoms in total. The van der Waals surface area contributed by atoms with Gasteiger partial charge in [0.15, 0.2) is 0 Å². The minimum absolute atomic E-state index is 0.215. The number of carbonyl (C=O) groups is 1. The first-order valence-corrected chi connectivity index (χ1v) is 8.28. The van der Waals surface area contributed by atoms with E-state index in [0.29, 0.717) is 18.5 Å². The molecule has 0 aromatic heterocycles. The van der Waals surface area contributed by atoms with Gasteiger partial charge in [0, 0.05) is 39.1 Å². The quantitative estimate of drug-likeness (QED) is 0.870. The number of benzene rings is 2. The van der Waals surface area contributed by atoms with Gasteiger partial charge in [-0.3, -0.25) is 9.69 Å². The fourth-order valence-electron chi connectivity index (χ4n) is 3.04. The standard InChI is InChI=1S/C20H21N3O/c21-14-18-7-4-8-19(13-18)15-22-10-9-20(24)23(12-11-22)16-17-5-2-1-3-6-17/h1-8,13H,9-12,15-16H2. The Labute approximate surface area is 142 Å². The van der Waals surface area contributed by atoms with Crippen molar-refractivity contribution in [3.05, 3.63) is 71.3 Å². The lowest BCUT2D eigenvalue weighted by molar-refractivity contribution is -0.130. The minimum Gasteiger partial charge on any atom is -0.337 e. The van der Waals surface area contributed by atoms with E-state index in [4.69, 9.17) is 5.26 Å². The molecule has 0 saturated carbocycles. The van der Waals surface area contributed by atoms with E-state index in [1.165, 1.54) is 5.56 Å². The Bertz CT molecular complexity index is 736. The molecular weight excluding hydrogens is 298 g/mol. The maximum Gasteiger partial charge on any atom is 0.224 e. The summed E-state index contributed by atoms with van der Waals surface area (Å²) in [7, 11) is 0. The minimum atomic E-state index is 0.215. The second kappa shape index (κ2) is 7.76. The molecule has 0 N–H and O–H groups in total. The molecule has 3 rings (SSSR count). The molecule has 4 heteroatoms. The monoisotopic (exact) mass is 319 g/mol. The highest BCUT2D eigenvalue weighted by molar-refractivity contribution is 5.76. The number of hydrogen-bond acceptors (Lipinski definition) is 3. The molecule has 0 spiro atoms. The first-order valence-electron chi connectivity index (χ1n) is 8.28. The number of amides is 1. The van der Waals surface area contributed by atoms with Gasteiger partial charge in [0.25, 0.3) is 0 Å². The highest BCUT2D eigenvalue weighted by atomic mass is 16.2.